The third-order valence-electron chi connectivity index (χ3n) is 2.97. The largest absolute Gasteiger partial charge is 0.497 e. The van der Waals surface area contributed by atoms with Crippen molar-refractivity contribution in [1.82, 2.24) is 4.90 Å². The Labute approximate surface area is 106 Å². The van der Waals surface area contributed by atoms with Crippen LogP contribution in [-0.4, -0.2) is 29.9 Å². The van der Waals surface area contributed by atoms with Crippen LogP contribution in [0.3, 0.4) is 0 Å². The number of amidine groups is 1. The number of amides is 2. The number of rotatable bonds is 3. The van der Waals surface area contributed by atoms with Gasteiger partial charge < -0.3 is 15.4 Å². The SMILES string of the molecule is COc1cccc(C2C(N)=NC(=O)N2C(C)C)c1. The van der Waals surface area contributed by atoms with Crippen LogP contribution in [0.4, 0.5) is 4.79 Å². The van der Waals surface area contributed by atoms with E-state index in [1.165, 1.54) is 0 Å². The van der Waals surface area contributed by atoms with Crippen LogP contribution in [0.5, 0.6) is 5.75 Å². The topological polar surface area (TPSA) is 67.9 Å². The highest BCUT2D eigenvalue weighted by Gasteiger charge is 2.36. The van der Waals surface area contributed by atoms with E-state index in [-0.39, 0.29) is 18.1 Å². The van der Waals surface area contributed by atoms with Gasteiger partial charge in [0.2, 0.25) is 0 Å². The van der Waals surface area contributed by atoms with Crippen molar-refractivity contribution in [2.24, 2.45) is 10.7 Å². The molecule has 1 aliphatic rings. The number of urea groups is 1. The second-order valence-corrected chi connectivity index (χ2v) is 4.50. The Hall–Kier alpha value is -2.04. The highest BCUT2D eigenvalue weighted by Crippen LogP contribution is 2.30. The van der Waals surface area contributed by atoms with Crippen molar-refractivity contribution in [3.8, 4) is 5.75 Å². The molecule has 0 fully saturated rings. The van der Waals surface area contributed by atoms with Gasteiger partial charge in [-0.25, -0.2) is 4.79 Å². The molecule has 96 valence electrons. The number of nitrogens with two attached hydrogens (primary N) is 1. The molecule has 18 heavy (non-hydrogen) atoms. The number of carbonyl (C=O) groups is 1. The first-order valence-electron chi connectivity index (χ1n) is 5.85. The molecule has 1 atom stereocenters. The van der Waals surface area contributed by atoms with Gasteiger partial charge in [-0.1, -0.05) is 12.1 Å². The Morgan fingerprint density at radius 1 is 1.44 bits per heavy atom. The van der Waals surface area contributed by atoms with Gasteiger partial charge in [0.1, 0.15) is 17.6 Å². The van der Waals surface area contributed by atoms with E-state index >= 15 is 0 Å². The summed E-state index contributed by atoms with van der Waals surface area (Å²) in [6.45, 7) is 3.89. The molecule has 5 nitrogen and oxygen atoms in total. The summed E-state index contributed by atoms with van der Waals surface area (Å²) in [6, 6.07) is 6.99. The number of methoxy groups -OCH3 is 1. The van der Waals surface area contributed by atoms with Gasteiger partial charge in [0.05, 0.1) is 7.11 Å². The molecule has 0 bridgehead atoms. The maximum absolute atomic E-state index is 11.8. The average Bonchev–Trinajstić information content (AvgIpc) is 2.64. The molecule has 0 saturated heterocycles. The number of hydrogen-bond donors (Lipinski definition) is 1. The van der Waals surface area contributed by atoms with Crippen molar-refractivity contribution < 1.29 is 9.53 Å². The molecule has 2 amide bonds. The van der Waals surface area contributed by atoms with Crippen LogP contribution in [0.2, 0.25) is 0 Å². The molecular formula is C13H17N3O2. The van der Waals surface area contributed by atoms with Crippen molar-refractivity contribution in [3.63, 3.8) is 0 Å². The lowest BCUT2D eigenvalue weighted by molar-refractivity contribution is 0.190. The van der Waals surface area contributed by atoms with Gasteiger partial charge in [0.25, 0.3) is 0 Å². The minimum Gasteiger partial charge on any atom is -0.497 e. The first kappa shape index (κ1) is 12.4. The van der Waals surface area contributed by atoms with E-state index in [1.54, 1.807) is 12.0 Å². The summed E-state index contributed by atoms with van der Waals surface area (Å²) in [4.78, 5) is 17.3. The molecule has 1 heterocycles. The fraction of sp³-hybridized carbons (Fsp3) is 0.385. The van der Waals surface area contributed by atoms with E-state index < -0.39 is 0 Å². The molecule has 0 saturated carbocycles. The van der Waals surface area contributed by atoms with E-state index in [2.05, 4.69) is 4.99 Å². The van der Waals surface area contributed by atoms with Gasteiger partial charge in [0.15, 0.2) is 0 Å². The fourth-order valence-electron chi connectivity index (χ4n) is 2.14. The van der Waals surface area contributed by atoms with E-state index in [4.69, 9.17) is 10.5 Å². The highest BCUT2D eigenvalue weighted by molar-refractivity contribution is 6.03. The van der Waals surface area contributed by atoms with Gasteiger partial charge in [-0.15, -0.1) is 0 Å². The van der Waals surface area contributed by atoms with Crippen LogP contribution in [-0.2, 0) is 0 Å². The second kappa shape index (κ2) is 4.68. The summed E-state index contributed by atoms with van der Waals surface area (Å²) < 4.78 is 5.19. The van der Waals surface area contributed by atoms with Gasteiger partial charge >= 0.3 is 6.03 Å². The van der Waals surface area contributed by atoms with Gasteiger partial charge in [0, 0.05) is 6.04 Å². The number of benzene rings is 1. The molecule has 1 aromatic rings. The molecule has 2 rings (SSSR count). The third kappa shape index (κ3) is 2.03. The smallest absolute Gasteiger partial charge is 0.346 e. The monoisotopic (exact) mass is 247 g/mol. The van der Waals surface area contributed by atoms with Crippen LogP contribution in [0.25, 0.3) is 0 Å². The second-order valence-electron chi connectivity index (χ2n) is 4.50. The predicted octanol–water partition coefficient (Wildman–Crippen LogP) is 1.94. The first-order chi connectivity index (χ1) is 8.54. The zero-order valence-electron chi connectivity index (χ0n) is 10.8. The lowest BCUT2D eigenvalue weighted by Crippen LogP contribution is -2.38. The summed E-state index contributed by atoms with van der Waals surface area (Å²) in [6.07, 6.45) is 0. The number of hydrogen-bond acceptors (Lipinski definition) is 3. The standard InChI is InChI=1S/C13H17N3O2/c1-8(2)16-11(12(14)15-13(16)17)9-5-4-6-10(7-9)18-3/h4-8,11H,1-3H3,(H2,14,15,17). The van der Waals surface area contributed by atoms with E-state index in [1.807, 2.05) is 38.1 Å². The lowest BCUT2D eigenvalue weighted by Gasteiger charge is -2.28. The Morgan fingerprint density at radius 3 is 2.78 bits per heavy atom. The average molecular weight is 247 g/mol. The van der Waals surface area contributed by atoms with Crippen molar-refractivity contribution in [1.29, 1.82) is 0 Å². The Balaban J connectivity index is 2.41. The van der Waals surface area contributed by atoms with Crippen LogP contribution in [0.1, 0.15) is 25.5 Å². The molecule has 5 heteroatoms. The molecule has 0 aliphatic carbocycles. The summed E-state index contributed by atoms with van der Waals surface area (Å²) in [5.74, 6) is 1.07. The van der Waals surface area contributed by atoms with Crippen molar-refractivity contribution in [2.45, 2.75) is 25.9 Å². The maximum Gasteiger partial charge on any atom is 0.346 e. The molecule has 0 aromatic heterocycles. The van der Waals surface area contributed by atoms with Crippen LogP contribution in [0.15, 0.2) is 29.3 Å². The van der Waals surface area contributed by atoms with Gasteiger partial charge in [-0.2, -0.15) is 4.99 Å². The van der Waals surface area contributed by atoms with Crippen LogP contribution in [0, 0.1) is 0 Å². The third-order valence-corrected chi connectivity index (χ3v) is 2.97. The lowest BCUT2D eigenvalue weighted by atomic mass is 10.0. The molecule has 1 aliphatic heterocycles. The molecular weight excluding hydrogens is 230 g/mol. The molecule has 2 N–H and O–H groups in total. The molecule has 1 aromatic carbocycles. The minimum absolute atomic E-state index is 0.0403. The van der Waals surface area contributed by atoms with Crippen molar-refractivity contribution in [3.05, 3.63) is 29.8 Å². The number of aliphatic imine (C=N–C) groups is 1. The van der Waals surface area contributed by atoms with Crippen LogP contribution >= 0.6 is 0 Å². The van der Waals surface area contributed by atoms with E-state index in [0.29, 0.717) is 5.84 Å². The summed E-state index contributed by atoms with van der Waals surface area (Å²) in [7, 11) is 1.61. The predicted molar refractivity (Wildman–Crippen MR) is 69.7 cm³/mol. The van der Waals surface area contributed by atoms with Gasteiger partial charge in [-0.05, 0) is 31.5 Å². The molecule has 0 spiro atoms. The zero-order valence-corrected chi connectivity index (χ0v) is 10.8. The van der Waals surface area contributed by atoms with E-state index in [0.717, 1.165) is 11.3 Å². The van der Waals surface area contributed by atoms with Gasteiger partial charge in [-0.3, -0.25) is 0 Å². The number of carbonyl (C=O) groups excluding carboxylic acids is 1. The Bertz CT molecular complexity index is 497. The van der Waals surface area contributed by atoms with Crippen molar-refractivity contribution >= 4 is 11.9 Å². The fourth-order valence-corrected chi connectivity index (χ4v) is 2.14. The Morgan fingerprint density at radius 2 is 2.17 bits per heavy atom. The summed E-state index contributed by atoms with van der Waals surface area (Å²) in [5.41, 5.74) is 6.78. The quantitative estimate of drug-likeness (QED) is 0.887. The summed E-state index contributed by atoms with van der Waals surface area (Å²) in [5, 5.41) is 0. The first-order valence-corrected chi connectivity index (χ1v) is 5.85. The highest BCUT2D eigenvalue weighted by atomic mass is 16.5. The van der Waals surface area contributed by atoms with Crippen LogP contribution < -0.4 is 10.5 Å². The molecule has 1 unspecified atom stereocenters. The normalized spacial score (nSPS) is 19.3. The molecule has 0 radical (unpaired) electrons. The zero-order chi connectivity index (χ0) is 13.3. The van der Waals surface area contributed by atoms with E-state index in [9.17, 15) is 4.79 Å². The minimum atomic E-state index is -0.299. The number of ether oxygens (including phenoxy) is 1. The maximum atomic E-state index is 11.8. The summed E-state index contributed by atoms with van der Waals surface area (Å²) >= 11 is 0. The number of nitrogens with zero attached hydrogens (tertiary/aromatic N) is 2. The Kier molecular flexibility index (Phi) is 3.23. The van der Waals surface area contributed by atoms with Crippen molar-refractivity contribution in [2.75, 3.05) is 7.11 Å².